The minimum atomic E-state index is -1.22. The number of benzene rings is 3. The van der Waals surface area contributed by atoms with Gasteiger partial charge in [-0.15, -0.1) is 0 Å². The molecule has 26 heavy (non-hydrogen) atoms. The maximum atomic E-state index is 11.3. The van der Waals surface area contributed by atoms with E-state index in [-0.39, 0.29) is 5.57 Å². The van der Waals surface area contributed by atoms with E-state index in [4.69, 9.17) is 5.26 Å². The lowest BCUT2D eigenvalue weighted by Crippen LogP contribution is -2.22. The Hall–Kier alpha value is -3.21. The third-order valence-corrected chi connectivity index (χ3v) is 6.38. The molecule has 3 aromatic rings. The predicted molar refractivity (Wildman–Crippen MR) is 106 cm³/mol. The summed E-state index contributed by atoms with van der Waals surface area (Å²) in [6.45, 7) is 0. The van der Waals surface area contributed by atoms with E-state index < -0.39 is 13.9 Å². The van der Waals surface area contributed by atoms with Crippen LogP contribution in [0.3, 0.4) is 0 Å². The molecule has 3 nitrogen and oxygen atoms in total. The molecular weight excluding hydrogens is 341 g/mol. The number of carbonyl (C=O) groups is 1. The topological polar surface area (TPSA) is 61.1 Å². The Morgan fingerprint density at radius 3 is 1.85 bits per heavy atom. The Bertz CT molecular complexity index is 936. The highest BCUT2D eigenvalue weighted by Crippen LogP contribution is 2.34. The molecule has 0 radical (unpaired) electrons. The van der Waals surface area contributed by atoms with Crippen LogP contribution in [0.4, 0.5) is 0 Å². The molecule has 0 aromatic heterocycles. The summed E-state index contributed by atoms with van der Waals surface area (Å²) in [6, 6.07) is 29.7. The van der Waals surface area contributed by atoms with Crippen molar-refractivity contribution in [2.75, 3.05) is 0 Å². The van der Waals surface area contributed by atoms with Crippen molar-refractivity contribution in [1.29, 1.82) is 5.26 Å². The largest absolute Gasteiger partial charge is 0.477 e. The second kappa shape index (κ2) is 8.25. The number of nitrogens with zero attached hydrogens (tertiary/aromatic N) is 1. The van der Waals surface area contributed by atoms with Crippen molar-refractivity contribution in [1.82, 2.24) is 0 Å². The van der Waals surface area contributed by atoms with Crippen LogP contribution in [0.25, 0.3) is 6.08 Å². The first-order valence-electron chi connectivity index (χ1n) is 8.05. The summed E-state index contributed by atoms with van der Waals surface area (Å²) >= 11 is 0. The van der Waals surface area contributed by atoms with Crippen LogP contribution < -0.4 is 15.9 Å². The van der Waals surface area contributed by atoms with Gasteiger partial charge in [0.1, 0.15) is 11.6 Å². The van der Waals surface area contributed by atoms with Gasteiger partial charge in [0.05, 0.1) is 0 Å². The molecule has 0 saturated carbocycles. The molecule has 0 amide bonds. The van der Waals surface area contributed by atoms with E-state index in [1.54, 1.807) is 6.07 Å². The summed E-state index contributed by atoms with van der Waals surface area (Å²) in [7, 11) is -0.869. The molecule has 0 unspecified atom stereocenters. The van der Waals surface area contributed by atoms with E-state index in [0.29, 0.717) is 0 Å². The number of nitriles is 1. The van der Waals surface area contributed by atoms with Crippen LogP contribution in [0.5, 0.6) is 0 Å². The van der Waals surface area contributed by atoms with Gasteiger partial charge in [0, 0.05) is 0 Å². The van der Waals surface area contributed by atoms with Gasteiger partial charge < -0.3 is 5.11 Å². The maximum absolute atomic E-state index is 11.3. The summed E-state index contributed by atoms with van der Waals surface area (Å²) in [6.07, 6.45) is 1.46. The van der Waals surface area contributed by atoms with Gasteiger partial charge in [-0.25, -0.2) is 4.79 Å². The van der Waals surface area contributed by atoms with Crippen molar-refractivity contribution in [2.45, 2.75) is 0 Å². The average molecular weight is 357 g/mol. The third-order valence-electron chi connectivity index (χ3n) is 3.86. The van der Waals surface area contributed by atoms with Crippen molar-refractivity contribution in [2.24, 2.45) is 0 Å². The number of hydrogen-bond acceptors (Lipinski definition) is 2. The van der Waals surface area contributed by atoms with Crippen LogP contribution in [-0.4, -0.2) is 11.1 Å². The summed E-state index contributed by atoms with van der Waals surface area (Å²) in [5.74, 6) is -1.22. The zero-order valence-electron chi connectivity index (χ0n) is 13.9. The van der Waals surface area contributed by atoms with Gasteiger partial charge >= 0.3 is 5.97 Å². The second-order valence-corrected chi connectivity index (χ2v) is 7.73. The van der Waals surface area contributed by atoms with Gasteiger partial charge in [-0.1, -0.05) is 84.9 Å². The lowest BCUT2D eigenvalue weighted by atomic mass is 10.1. The Balaban J connectivity index is 2.21. The quantitative estimate of drug-likeness (QED) is 0.432. The van der Waals surface area contributed by atoms with Crippen molar-refractivity contribution >= 4 is 35.9 Å². The Morgan fingerprint density at radius 2 is 1.35 bits per heavy atom. The monoisotopic (exact) mass is 357 g/mol. The van der Waals surface area contributed by atoms with E-state index in [9.17, 15) is 9.90 Å². The lowest BCUT2D eigenvalue weighted by molar-refractivity contribution is -0.132. The summed E-state index contributed by atoms with van der Waals surface area (Å²) in [5.41, 5.74) is 0.485. The first kappa shape index (κ1) is 17.6. The summed E-state index contributed by atoms with van der Waals surface area (Å²) in [4.78, 5) is 11.3. The van der Waals surface area contributed by atoms with E-state index >= 15 is 0 Å². The van der Waals surface area contributed by atoms with Crippen molar-refractivity contribution in [3.63, 3.8) is 0 Å². The smallest absolute Gasteiger partial charge is 0.346 e. The highest BCUT2D eigenvalue weighted by atomic mass is 31.1. The van der Waals surface area contributed by atoms with Gasteiger partial charge in [-0.2, -0.15) is 5.26 Å². The highest BCUT2D eigenvalue weighted by Gasteiger charge is 2.19. The molecule has 3 aromatic carbocycles. The highest BCUT2D eigenvalue weighted by molar-refractivity contribution is 7.80. The molecule has 0 saturated heterocycles. The van der Waals surface area contributed by atoms with E-state index in [0.717, 1.165) is 10.9 Å². The SMILES string of the molecule is N#CC(=Cc1ccccc1P(c1ccccc1)c1ccccc1)C(=O)O. The fourth-order valence-corrected chi connectivity index (χ4v) is 5.12. The number of hydrogen-bond donors (Lipinski definition) is 1. The Kier molecular flexibility index (Phi) is 5.59. The van der Waals surface area contributed by atoms with Gasteiger partial charge in [0.25, 0.3) is 0 Å². The molecule has 0 aliphatic rings. The first-order chi connectivity index (χ1) is 12.7. The van der Waals surface area contributed by atoms with Crippen LogP contribution in [0, 0.1) is 11.3 Å². The third kappa shape index (κ3) is 3.88. The number of carboxylic acids is 1. The van der Waals surface area contributed by atoms with Crippen molar-refractivity contribution in [3.05, 3.63) is 96.1 Å². The molecule has 4 heteroatoms. The van der Waals surface area contributed by atoms with Crippen molar-refractivity contribution in [3.8, 4) is 6.07 Å². The molecule has 0 bridgehead atoms. The fraction of sp³-hybridized carbons (Fsp3) is 0. The van der Waals surface area contributed by atoms with E-state index in [1.807, 2.05) is 60.7 Å². The van der Waals surface area contributed by atoms with Gasteiger partial charge in [0.15, 0.2) is 0 Å². The van der Waals surface area contributed by atoms with E-state index in [2.05, 4.69) is 24.3 Å². The van der Waals surface area contributed by atoms with Crippen molar-refractivity contribution < 1.29 is 9.90 Å². The first-order valence-corrected chi connectivity index (χ1v) is 9.39. The van der Waals surface area contributed by atoms with Crippen LogP contribution >= 0.6 is 7.92 Å². The number of carboxylic acid groups (broad SMARTS) is 1. The molecular formula is C22H16NO2P. The lowest BCUT2D eigenvalue weighted by Gasteiger charge is -2.21. The van der Waals surface area contributed by atoms with Crippen LogP contribution in [-0.2, 0) is 4.79 Å². The van der Waals surface area contributed by atoms with Gasteiger partial charge in [0.2, 0.25) is 0 Å². The molecule has 3 rings (SSSR count). The normalized spacial score (nSPS) is 11.2. The van der Waals surface area contributed by atoms with Gasteiger partial charge in [-0.3, -0.25) is 0 Å². The molecule has 0 atom stereocenters. The zero-order valence-corrected chi connectivity index (χ0v) is 14.8. The molecule has 0 aliphatic carbocycles. The molecule has 0 spiro atoms. The number of aliphatic carboxylic acids is 1. The summed E-state index contributed by atoms with van der Waals surface area (Å²) in [5, 5.41) is 21.7. The maximum Gasteiger partial charge on any atom is 0.346 e. The minimum absolute atomic E-state index is 0.270. The van der Waals surface area contributed by atoms with Crippen LogP contribution in [0.15, 0.2) is 90.5 Å². The zero-order chi connectivity index (χ0) is 18.4. The molecule has 0 aliphatic heterocycles. The van der Waals surface area contributed by atoms with Crippen LogP contribution in [0.1, 0.15) is 5.56 Å². The number of rotatable bonds is 5. The fourth-order valence-electron chi connectivity index (χ4n) is 2.69. The Morgan fingerprint density at radius 1 is 0.846 bits per heavy atom. The molecule has 126 valence electrons. The summed E-state index contributed by atoms with van der Waals surface area (Å²) < 4.78 is 0. The predicted octanol–water partition coefficient (Wildman–Crippen LogP) is 3.44. The molecule has 0 fully saturated rings. The minimum Gasteiger partial charge on any atom is -0.477 e. The average Bonchev–Trinajstić information content (AvgIpc) is 2.69. The molecule has 0 heterocycles. The van der Waals surface area contributed by atoms with Gasteiger partial charge in [-0.05, 0) is 35.5 Å². The molecule has 1 N–H and O–H groups in total. The second-order valence-electron chi connectivity index (χ2n) is 5.54. The van der Waals surface area contributed by atoms with E-state index in [1.165, 1.54) is 16.7 Å². The van der Waals surface area contributed by atoms with Crippen LogP contribution in [0.2, 0.25) is 0 Å². The Labute approximate surface area is 153 Å². The standard InChI is InChI=1S/C22H16NO2P/c23-16-18(22(24)25)15-17-9-7-8-14-21(17)26(19-10-3-1-4-11-19)20-12-5-2-6-13-20/h1-15H,(H,24,25).